The van der Waals surface area contributed by atoms with E-state index in [0.717, 1.165) is 0 Å². The molecule has 0 fully saturated rings. The van der Waals surface area contributed by atoms with E-state index in [4.69, 9.17) is 4.74 Å². The highest BCUT2D eigenvalue weighted by molar-refractivity contribution is 5.94. The monoisotopic (exact) mass is 314 g/mol. The van der Waals surface area contributed by atoms with Crippen LogP contribution in [0.2, 0.25) is 0 Å². The van der Waals surface area contributed by atoms with Crippen LogP contribution in [0.15, 0.2) is 48.8 Å². The molecule has 122 valence electrons. The lowest BCUT2D eigenvalue weighted by Gasteiger charge is -2.27. The number of hydrogen-bond acceptors (Lipinski definition) is 4. The number of nitrogens with zero attached hydrogens (tertiary/aromatic N) is 1. The lowest BCUT2D eigenvalue weighted by molar-refractivity contribution is 0.0142. The molecule has 1 aromatic heterocycles. The van der Waals surface area contributed by atoms with E-state index in [2.05, 4.69) is 10.3 Å². The normalized spacial score (nSPS) is 13.4. The van der Waals surface area contributed by atoms with E-state index in [1.165, 1.54) is 0 Å². The Kier molecular flexibility index (Phi) is 5.34. The van der Waals surface area contributed by atoms with Crippen LogP contribution in [-0.4, -0.2) is 28.1 Å². The van der Waals surface area contributed by atoms with E-state index in [1.807, 2.05) is 13.8 Å². The molecule has 2 rings (SSSR count). The lowest BCUT2D eigenvalue weighted by Crippen LogP contribution is -2.44. The fraction of sp³-hybridized carbons (Fsp3) is 0.333. The quantitative estimate of drug-likeness (QED) is 0.860. The number of pyridine rings is 1. The molecule has 5 heteroatoms. The number of aromatic nitrogens is 1. The van der Waals surface area contributed by atoms with Crippen molar-refractivity contribution in [1.82, 2.24) is 10.3 Å². The molecular weight excluding hydrogens is 292 g/mol. The number of rotatable bonds is 6. The van der Waals surface area contributed by atoms with Gasteiger partial charge in [-0.1, -0.05) is 19.9 Å². The molecule has 23 heavy (non-hydrogen) atoms. The Morgan fingerprint density at radius 1 is 1.26 bits per heavy atom. The maximum absolute atomic E-state index is 12.2. The summed E-state index contributed by atoms with van der Waals surface area (Å²) in [6, 6.07) is 10.4. The first-order chi connectivity index (χ1) is 10.9. The summed E-state index contributed by atoms with van der Waals surface area (Å²) >= 11 is 0. The van der Waals surface area contributed by atoms with Crippen LogP contribution < -0.4 is 10.1 Å². The first-order valence-electron chi connectivity index (χ1n) is 7.57. The molecule has 1 amide bonds. The van der Waals surface area contributed by atoms with E-state index in [0.29, 0.717) is 17.1 Å². The van der Waals surface area contributed by atoms with Gasteiger partial charge in [-0.15, -0.1) is 0 Å². The third-order valence-electron chi connectivity index (χ3n) is 3.83. The van der Waals surface area contributed by atoms with Crippen molar-refractivity contribution in [3.05, 3.63) is 54.4 Å². The number of nitrogens with one attached hydrogen (secondary N) is 1. The molecule has 1 atom stereocenters. The maximum Gasteiger partial charge on any atom is 0.251 e. The zero-order valence-corrected chi connectivity index (χ0v) is 13.6. The minimum atomic E-state index is -0.944. The molecular formula is C18H22N2O3. The van der Waals surface area contributed by atoms with Crippen LogP contribution in [0.4, 0.5) is 0 Å². The Labute approximate surface area is 136 Å². The van der Waals surface area contributed by atoms with Gasteiger partial charge >= 0.3 is 0 Å². The van der Waals surface area contributed by atoms with Crippen molar-refractivity contribution in [1.29, 1.82) is 0 Å². The molecule has 0 aliphatic carbocycles. The van der Waals surface area contributed by atoms with E-state index in [-0.39, 0.29) is 18.4 Å². The number of amides is 1. The molecule has 0 radical (unpaired) electrons. The van der Waals surface area contributed by atoms with E-state index in [9.17, 15) is 9.90 Å². The van der Waals surface area contributed by atoms with E-state index < -0.39 is 5.60 Å². The number of hydrogen-bond donors (Lipinski definition) is 2. The van der Waals surface area contributed by atoms with E-state index >= 15 is 0 Å². The largest absolute Gasteiger partial charge is 0.457 e. The third-order valence-corrected chi connectivity index (χ3v) is 3.83. The van der Waals surface area contributed by atoms with Crippen LogP contribution in [0, 0.1) is 5.92 Å². The second kappa shape index (κ2) is 7.24. The molecule has 1 aromatic carbocycles. The van der Waals surface area contributed by atoms with Gasteiger partial charge in [-0.2, -0.15) is 0 Å². The predicted molar refractivity (Wildman–Crippen MR) is 88.5 cm³/mol. The molecule has 5 nitrogen and oxygen atoms in total. The molecule has 2 aromatic rings. The third kappa shape index (κ3) is 4.79. The number of ether oxygens (including phenoxy) is 1. The van der Waals surface area contributed by atoms with Crippen molar-refractivity contribution in [2.75, 3.05) is 6.54 Å². The van der Waals surface area contributed by atoms with Gasteiger partial charge in [0.05, 0.1) is 5.60 Å². The summed E-state index contributed by atoms with van der Waals surface area (Å²) in [5.74, 6) is 1.02. The van der Waals surface area contributed by atoms with Crippen molar-refractivity contribution >= 4 is 5.91 Å². The number of aliphatic hydroxyl groups is 1. The fourth-order valence-electron chi connectivity index (χ4n) is 1.81. The van der Waals surface area contributed by atoms with Gasteiger partial charge < -0.3 is 15.2 Å². The molecule has 0 aliphatic heterocycles. The van der Waals surface area contributed by atoms with Gasteiger partial charge in [0.15, 0.2) is 0 Å². The van der Waals surface area contributed by atoms with Gasteiger partial charge in [0.2, 0.25) is 0 Å². The standard InChI is InChI=1S/C18H22N2O3/c1-13(2)18(3,22)12-20-17(21)14-5-4-6-16(11-14)23-15-7-9-19-10-8-15/h4-11,13,22H,12H2,1-3H3,(H,20,21). The minimum absolute atomic E-state index is 0.0455. The topological polar surface area (TPSA) is 71.5 Å². The Morgan fingerprint density at radius 3 is 2.61 bits per heavy atom. The smallest absolute Gasteiger partial charge is 0.251 e. The summed E-state index contributed by atoms with van der Waals surface area (Å²) in [5.41, 5.74) is -0.461. The number of carbonyl (C=O) groups is 1. The van der Waals surface area contributed by atoms with Crippen LogP contribution in [0.1, 0.15) is 31.1 Å². The summed E-state index contributed by atoms with van der Waals surface area (Å²) in [6.45, 7) is 5.73. The van der Waals surface area contributed by atoms with Crippen molar-refractivity contribution in [2.45, 2.75) is 26.4 Å². The molecule has 1 heterocycles. The molecule has 0 saturated carbocycles. The Morgan fingerprint density at radius 2 is 1.96 bits per heavy atom. The fourth-order valence-corrected chi connectivity index (χ4v) is 1.81. The Bertz CT molecular complexity index is 654. The van der Waals surface area contributed by atoms with Crippen LogP contribution in [0.5, 0.6) is 11.5 Å². The first kappa shape index (κ1) is 17.0. The summed E-state index contributed by atoms with van der Waals surface area (Å²) < 4.78 is 5.68. The lowest BCUT2D eigenvalue weighted by atomic mass is 9.92. The van der Waals surface area contributed by atoms with Gasteiger partial charge in [0.25, 0.3) is 5.91 Å². The average Bonchev–Trinajstić information content (AvgIpc) is 2.54. The van der Waals surface area contributed by atoms with Crippen molar-refractivity contribution in [2.24, 2.45) is 5.92 Å². The number of benzene rings is 1. The van der Waals surface area contributed by atoms with Crippen LogP contribution in [0.25, 0.3) is 0 Å². The highest BCUT2D eigenvalue weighted by atomic mass is 16.5. The highest BCUT2D eigenvalue weighted by Crippen LogP contribution is 2.21. The second-order valence-electron chi connectivity index (χ2n) is 6.01. The number of carbonyl (C=O) groups excluding carboxylic acids is 1. The van der Waals surface area contributed by atoms with Crippen LogP contribution in [-0.2, 0) is 0 Å². The minimum Gasteiger partial charge on any atom is -0.457 e. The van der Waals surface area contributed by atoms with Crippen LogP contribution in [0.3, 0.4) is 0 Å². The summed E-state index contributed by atoms with van der Waals surface area (Å²) in [6.07, 6.45) is 3.28. The highest BCUT2D eigenvalue weighted by Gasteiger charge is 2.25. The van der Waals surface area contributed by atoms with E-state index in [1.54, 1.807) is 55.7 Å². The summed E-state index contributed by atoms with van der Waals surface area (Å²) in [7, 11) is 0. The SMILES string of the molecule is CC(C)C(C)(O)CNC(=O)c1cccc(Oc2ccncc2)c1. The second-order valence-corrected chi connectivity index (χ2v) is 6.01. The van der Waals surface area contributed by atoms with Gasteiger partial charge in [-0.05, 0) is 43.2 Å². The maximum atomic E-state index is 12.2. The van der Waals surface area contributed by atoms with Crippen molar-refractivity contribution < 1.29 is 14.6 Å². The average molecular weight is 314 g/mol. The Hall–Kier alpha value is -2.40. The molecule has 0 saturated heterocycles. The van der Waals surface area contributed by atoms with Crippen molar-refractivity contribution in [3.8, 4) is 11.5 Å². The molecule has 0 bridgehead atoms. The first-order valence-corrected chi connectivity index (χ1v) is 7.57. The Balaban J connectivity index is 2.03. The zero-order chi connectivity index (χ0) is 16.9. The van der Waals surface area contributed by atoms with Crippen molar-refractivity contribution in [3.63, 3.8) is 0 Å². The van der Waals surface area contributed by atoms with Gasteiger partial charge in [-0.3, -0.25) is 9.78 Å². The van der Waals surface area contributed by atoms with Gasteiger partial charge in [0, 0.05) is 24.5 Å². The van der Waals surface area contributed by atoms with Gasteiger partial charge in [-0.25, -0.2) is 0 Å². The zero-order valence-electron chi connectivity index (χ0n) is 13.6. The molecule has 1 unspecified atom stereocenters. The van der Waals surface area contributed by atoms with Crippen LogP contribution >= 0.6 is 0 Å². The predicted octanol–water partition coefficient (Wildman–Crippen LogP) is 3.01. The van der Waals surface area contributed by atoms with Gasteiger partial charge in [0.1, 0.15) is 11.5 Å². The summed E-state index contributed by atoms with van der Waals surface area (Å²) in [5, 5.41) is 12.9. The molecule has 0 aliphatic rings. The summed E-state index contributed by atoms with van der Waals surface area (Å²) in [4.78, 5) is 16.2. The molecule has 2 N–H and O–H groups in total. The molecule has 0 spiro atoms.